The van der Waals surface area contributed by atoms with Gasteiger partial charge in [0.15, 0.2) is 5.76 Å². The molecule has 0 aromatic carbocycles. The highest BCUT2D eigenvalue weighted by Gasteiger charge is 2.76. The van der Waals surface area contributed by atoms with Crippen molar-refractivity contribution in [2.75, 3.05) is 19.7 Å². The van der Waals surface area contributed by atoms with Crippen LogP contribution in [0.2, 0.25) is 0 Å². The van der Waals surface area contributed by atoms with Gasteiger partial charge in [-0.1, -0.05) is 29.7 Å². The monoisotopic (exact) mass is 495 g/mol. The highest BCUT2D eigenvalue weighted by atomic mass is 16.5. The molecule has 7 unspecified atom stereocenters. The van der Waals surface area contributed by atoms with Gasteiger partial charge < -0.3 is 19.7 Å². The first-order valence-corrected chi connectivity index (χ1v) is 14.5. The van der Waals surface area contributed by atoms with E-state index >= 15 is 0 Å². The summed E-state index contributed by atoms with van der Waals surface area (Å²) in [6.07, 6.45) is 17.3. The van der Waals surface area contributed by atoms with Gasteiger partial charge in [-0.2, -0.15) is 0 Å². The zero-order chi connectivity index (χ0) is 25.1. The van der Waals surface area contributed by atoms with Crippen molar-refractivity contribution in [3.05, 3.63) is 47.0 Å². The van der Waals surface area contributed by atoms with E-state index in [9.17, 15) is 10.2 Å². The maximum atomic E-state index is 12.5. The molecule has 198 valence electrons. The minimum absolute atomic E-state index is 0.104. The third-order valence-electron chi connectivity index (χ3n) is 10.5. The van der Waals surface area contributed by atoms with Crippen LogP contribution in [0.3, 0.4) is 0 Å². The van der Waals surface area contributed by atoms with Crippen LogP contribution < -0.4 is 0 Å². The summed E-state index contributed by atoms with van der Waals surface area (Å²) in [6, 6.07) is 0.157. The summed E-state index contributed by atoms with van der Waals surface area (Å²) in [5.41, 5.74) is 1.47. The first-order chi connectivity index (χ1) is 17.3. The molecule has 5 nitrogen and oxygen atoms in total. The Labute approximate surface area is 216 Å². The standard InChI is InChI=1S/C31H45NO4/c1-20(2)6-4-7-21(3)13-17-35-25-11-10-23-18-26-31(34)14-12-24(33)29-30(31,27(23)28(25)36-29)15-16-32(26)19-22-8-5-9-22/h6,10-11,13,22-24,26-27,29,33-34H,4-5,7-9,12,14-19H2,1-3H3/b21-13+. The maximum Gasteiger partial charge on any atom is 0.157 e. The van der Waals surface area contributed by atoms with E-state index in [4.69, 9.17) is 9.47 Å². The van der Waals surface area contributed by atoms with Crippen LogP contribution in [-0.2, 0) is 9.47 Å². The molecule has 6 aliphatic rings. The number of hydrogen-bond donors (Lipinski definition) is 2. The van der Waals surface area contributed by atoms with Gasteiger partial charge in [0.1, 0.15) is 18.5 Å². The minimum atomic E-state index is -0.806. The zero-order valence-electron chi connectivity index (χ0n) is 22.4. The normalized spacial score (nSPS) is 41.5. The minimum Gasteiger partial charge on any atom is -0.487 e. The van der Waals surface area contributed by atoms with E-state index in [-0.39, 0.29) is 18.1 Å². The van der Waals surface area contributed by atoms with Crippen LogP contribution >= 0.6 is 0 Å². The van der Waals surface area contributed by atoms with Crippen LogP contribution in [0.5, 0.6) is 0 Å². The lowest BCUT2D eigenvalue weighted by molar-refractivity contribution is -0.268. The van der Waals surface area contributed by atoms with Crippen molar-refractivity contribution < 1.29 is 19.7 Å². The number of nitrogens with zero attached hydrogens (tertiary/aromatic N) is 1. The average molecular weight is 496 g/mol. The van der Waals surface area contributed by atoms with Gasteiger partial charge in [0.25, 0.3) is 0 Å². The molecule has 2 heterocycles. The van der Waals surface area contributed by atoms with Crippen LogP contribution in [-0.4, -0.2) is 58.7 Å². The van der Waals surface area contributed by atoms with E-state index in [1.165, 1.54) is 30.4 Å². The molecular weight excluding hydrogens is 450 g/mol. The van der Waals surface area contributed by atoms with Crippen molar-refractivity contribution >= 4 is 0 Å². The summed E-state index contributed by atoms with van der Waals surface area (Å²) < 4.78 is 13.0. The lowest BCUT2D eigenvalue weighted by atomic mass is 9.44. The molecule has 5 fully saturated rings. The highest BCUT2D eigenvalue weighted by Crippen LogP contribution is 2.70. The SMILES string of the molecule is CC(C)=CCC/C(C)=C/COC1=C2OC3C(O)CCC4(O)C5CC(C=C1)C2C34CCN5CC1CCC1. The van der Waals surface area contributed by atoms with Gasteiger partial charge in [-0.25, -0.2) is 0 Å². The van der Waals surface area contributed by atoms with Gasteiger partial charge in [-0.3, -0.25) is 4.90 Å². The summed E-state index contributed by atoms with van der Waals surface area (Å²) in [4.78, 5) is 2.62. The predicted octanol–water partition coefficient (Wildman–Crippen LogP) is 5.26. The topological polar surface area (TPSA) is 62.2 Å². The first kappa shape index (κ1) is 24.8. The molecular formula is C31H45NO4. The Morgan fingerprint density at radius 2 is 2.03 bits per heavy atom. The van der Waals surface area contributed by atoms with Crippen molar-refractivity contribution in [2.24, 2.45) is 23.2 Å². The number of piperidine rings is 1. The molecule has 4 aliphatic carbocycles. The second-order valence-electron chi connectivity index (χ2n) is 12.8. The van der Waals surface area contributed by atoms with Crippen molar-refractivity contribution in [3.8, 4) is 0 Å². The molecule has 36 heavy (non-hydrogen) atoms. The fourth-order valence-corrected chi connectivity index (χ4v) is 8.51. The fraction of sp³-hybridized carbons (Fsp3) is 0.742. The number of hydrogen-bond acceptors (Lipinski definition) is 5. The van der Waals surface area contributed by atoms with E-state index in [2.05, 4.69) is 50.0 Å². The molecule has 3 saturated carbocycles. The Hall–Kier alpha value is -1.56. The van der Waals surface area contributed by atoms with Crippen LogP contribution in [0.1, 0.15) is 78.6 Å². The van der Waals surface area contributed by atoms with E-state index in [1.54, 1.807) is 0 Å². The van der Waals surface area contributed by atoms with Gasteiger partial charge in [-0.05, 0) is 103 Å². The number of ether oxygens (including phenoxy) is 2. The molecule has 0 aromatic rings. The Bertz CT molecular complexity index is 989. The van der Waals surface area contributed by atoms with Crippen LogP contribution in [0.15, 0.2) is 47.0 Å². The van der Waals surface area contributed by atoms with E-state index in [0.717, 1.165) is 56.2 Å². The Morgan fingerprint density at radius 3 is 2.78 bits per heavy atom. The number of allylic oxidation sites excluding steroid dienone is 6. The number of rotatable bonds is 8. The van der Waals surface area contributed by atoms with Gasteiger partial charge >= 0.3 is 0 Å². The van der Waals surface area contributed by atoms with E-state index < -0.39 is 17.1 Å². The molecule has 0 radical (unpaired) electrons. The Morgan fingerprint density at radius 1 is 1.19 bits per heavy atom. The summed E-state index contributed by atoms with van der Waals surface area (Å²) in [5, 5.41) is 23.7. The molecule has 7 atom stereocenters. The Balaban J connectivity index is 1.25. The predicted molar refractivity (Wildman–Crippen MR) is 141 cm³/mol. The van der Waals surface area contributed by atoms with Crippen molar-refractivity contribution in [2.45, 2.75) is 102 Å². The summed E-state index contributed by atoms with van der Waals surface area (Å²) >= 11 is 0. The smallest absolute Gasteiger partial charge is 0.157 e. The van der Waals surface area contributed by atoms with Crippen molar-refractivity contribution in [1.82, 2.24) is 4.90 Å². The van der Waals surface area contributed by atoms with E-state index in [1.807, 2.05) is 0 Å². The van der Waals surface area contributed by atoms with E-state index in [0.29, 0.717) is 25.4 Å². The number of likely N-dealkylation sites (tertiary alicyclic amines) is 1. The van der Waals surface area contributed by atoms with Crippen LogP contribution in [0.25, 0.3) is 0 Å². The van der Waals surface area contributed by atoms with Crippen molar-refractivity contribution in [1.29, 1.82) is 0 Å². The van der Waals surface area contributed by atoms with Gasteiger partial charge in [-0.15, -0.1) is 0 Å². The first-order valence-electron chi connectivity index (χ1n) is 14.5. The lowest BCUT2D eigenvalue weighted by Crippen LogP contribution is -2.77. The molecule has 0 amide bonds. The zero-order valence-corrected chi connectivity index (χ0v) is 22.4. The fourth-order valence-electron chi connectivity index (χ4n) is 8.51. The summed E-state index contributed by atoms with van der Waals surface area (Å²) in [6.45, 7) is 9.09. The third kappa shape index (κ3) is 3.75. The summed E-state index contributed by atoms with van der Waals surface area (Å²) in [5.74, 6) is 2.93. The molecule has 2 N–H and O–H groups in total. The van der Waals surface area contributed by atoms with Gasteiger partial charge in [0.2, 0.25) is 0 Å². The number of aliphatic hydroxyl groups is 2. The van der Waals surface area contributed by atoms with Gasteiger partial charge in [0, 0.05) is 18.5 Å². The van der Waals surface area contributed by atoms with Crippen LogP contribution in [0.4, 0.5) is 0 Å². The highest BCUT2D eigenvalue weighted by molar-refractivity contribution is 5.39. The second kappa shape index (κ2) is 9.32. The van der Waals surface area contributed by atoms with Crippen LogP contribution in [0, 0.1) is 23.2 Å². The lowest BCUT2D eigenvalue weighted by Gasteiger charge is -2.67. The molecule has 5 heteroatoms. The van der Waals surface area contributed by atoms with Gasteiger partial charge in [0.05, 0.1) is 17.1 Å². The second-order valence-corrected chi connectivity index (χ2v) is 12.8. The average Bonchev–Trinajstić information content (AvgIpc) is 3.16. The number of aliphatic hydroxyl groups excluding tert-OH is 1. The molecule has 2 aliphatic heterocycles. The van der Waals surface area contributed by atoms with Crippen molar-refractivity contribution in [3.63, 3.8) is 0 Å². The quantitative estimate of drug-likeness (QED) is 0.450. The molecule has 0 aromatic heterocycles. The molecule has 6 rings (SSSR count). The maximum absolute atomic E-state index is 12.5. The third-order valence-corrected chi connectivity index (χ3v) is 10.5. The Kier molecular flexibility index (Phi) is 6.41. The molecule has 2 bridgehead atoms. The summed E-state index contributed by atoms with van der Waals surface area (Å²) in [7, 11) is 0. The largest absolute Gasteiger partial charge is 0.487 e. The molecule has 1 spiro atoms. The molecule has 2 saturated heterocycles.